The molecule has 2 N–H and O–H groups in total. The number of rotatable bonds is 7. The van der Waals surface area contributed by atoms with E-state index in [1.165, 1.54) is 0 Å². The van der Waals surface area contributed by atoms with Gasteiger partial charge >= 0.3 is 0 Å². The third-order valence-electron chi connectivity index (χ3n) is 3.03. The van der Waals surface area contributed by atoms with Gasteiger partial charge in [0.1, 0.15) is 5.75 Å². The quantitative estimate of drug-likeness (QED) is 0.765. The highest BCUT2D eigenvalue weighted by Gasteiger charge is 2.20. The molecule has 0 aliphatic heterocycles. The number of carbonyl (C=O) groups excluding carboxylic acids is 1. The second-order valence-corrected chi connectivity index (χ2v) is 5.04. The number of carbonyl (C=O) groups is 1. The predicted molar refractivity (Wildman–Crippen MR) is 77.0 cm³/mol. The van der Waals surface area contributed by atoms with Gasteiger partial charge in [-0.2, -0.15) is 0 Å². The highest BCUT2D eigenvalue weighted by atomic mass is 16.5. The van der Waals surface area contributed by atoms with Crippen molar-refractivity contribution in [2.24, 2.45) is 11.7 Å². The zero-order chi connectivity index (χ0) is 14.3. The smallest absolute Gasteiger partial charge is 0.239 e. The summed E-state index contributed by atoms with van der Waals surface area (Å²) >= 11 is 0. The lowest BCUT2D eigenvalue weighted by atomic mass is 10.0. The van der Waals surface area contributed by atoms with Gasteiger partial charge in [-0.25, -0.2) is 0 Å². The fourth-order valence-electron chi connectivity index (χ4n) is 1.66. The molecular formula is C15H24N2O2. The Labute approximate surface area is 115 Å². The first-order chi connectivity index (χ1) is 9.02. The van der Waals surface area contributed by atoms with Crippen molar-refractivity contribution < 1.29 is 9.53 Å². The normalized spacial score (nSPS) is 12.3. The minimum Gasteiger partial charge on any atom is -0.494 e. The molecule has 0 saturated carbocycles. The summed E-state index contributed by atoms with van der Waals surface area (Å²) in [6.45, 7) is 5.16. The highest BCUT2D eigenvalue weighted by molar-refractivity contribution is 5.81. The number of hydrogen-bond donors (Lipinski definition) is 1. The summed E-state index contributed by atoms with van der Waals surface area (Å²) in [5.41, 5.74) is 5.83. The van der Waals surface area contributed by atoms with Gasteiger partial charge in [-0.15, -0.1) is 0 Å². The number of benzene rings is 1. The Morgan fingerprint density at radius 3 is 2.53 bits per heavy atom. The number of nitrogens with two attached hydrogens (primary N) is 1. The first-order valence-corrected chi connectivity index (χ1v) is 6.70. The van der Waals surface area contributed by atoms with E-state index in [0.717, 1.165) is 12.2 Å². The van der Waals surface area contributed by atoms with Crippen LogP contribution in [-0.2, 0) is 4.79 Å². The average molecular weight is 264 g/mol. The molecule has 1 amide bonds. The third-order valence-corrected chi connectivity index (χ3v) is 3.03. The lowest BCUT2D eigenvalue weighted by Crippen LogP contribution is -2.45. The van der Waals surface area contributed by atoms with Crippen LogP contribution in [0.25, 0.3) is 0 Å². The summed E-state index contributed by atoms with van der Waals surface area (Å²) < 4.78 is 5.57. The molecule has 106 valence electrons. The largest absolute Gasteiger partial charge is 0.494 e. The maximum atomic E-state index is 11.9. The summed E-state index contributed by atoms with van der Waals surface area (Å²) in [5, 5.41) is 0. The van der Waals surface area contributed by atoms with Gasteiger partial charge in [-0.3, -0.25) is 4.79 Å². The Morgan fingerprint density at radius 1 is 1.32 bits per heavy atom. The van der Waals surface area contributed by atoms with E-state index in [1.54, 1.807) is 11.9 Å². The molecule has 4 nitrogen and oxygen atoms in total. The Bertz CT molecular complexity index is 379. The molecule has 0 saturated heterocycles. The topological polar surface area (TPSA) is 55.6 Å². The van der Waals surface area contributed by atoms with Gasteiger partial charge in [0.05, 0.1) is 12.6 Å². The Balaban J connectivity index is 2.24. The minimum absolute atomic E-state index is 0.00490. The molecule has 1 aromatic rings. The van der Waals surface area contributed by atoms with Crippen molar-refractivity contribution in [1.82, 2.24) is 4.90 Å². The lowest BCUT2D eigenvalue weighted by Gasteiger charge is -2.23. The second kappa shape index (κ2) is 7.79. The molecule has 0 heterocycles. The fraction of sp³-hybridized carbons (Fsp3) is 0.533. The van der Waals surface area contributed by atoms with Gasteiger partial charge < -0.3 is 15.4 Å². The molecular weight excluding hydrogens is 240 g/mol. The van der Waals surface area contributed by atoms with E-state index in [0.29, 0.717) is 13.2 Å². The van der Waals surface area contributed by atoms with Crippen molar-refractivity contribution in [2.45, 2.75) is 26.3 Å². The molecule has 1 aromatic carbocycles. The summed E-state index contributed by atoms with van der Waals surface area (Å²) in [4.78, 5) is 13.6. The van der Waals surface area contributed by atoms with Crippen molar-refractivity contribution in [2.75, 3.05) is 20.2 Å². The summed E-state index contributed by atoms with van der Waals surface area (Å²) in [6.07, 6.45) is 0.794. The van der Waals surface area contributed by atoms with E-state index >= 15 is 0 Å². The average Bonchev–Trinajstić information content (AvgIpc) is 2.42. The van der Waals surface area contributed by atoms with E-state index in [9.17, 15) is 4.79 Å². The van der Waals surface area contributed by atoms with Gasteiger partial charge in [0.25, 0.3) is 0 Å². The monoisotopic (exact) mass is 264 g/mol. The molecule has 0 aromatic heterocycles. The minimum atomic E-state index is -0.417. The van der Waals surface area contributed by atoms with Crippen molar-refractivity contribution >= 4 is 5.91 Å². The van der Waals surface area contributed by atoms with Gasteiger partial charge in [0, 0.05) is 13.6 Å². The van der Waals surface area contributed by atoms with E-state index < -0.39 is 6.04 Å². The lowest BCUT2D eigenvalue weighted by molar-refractivity contribution is -0.132. The number of nitrogens with zero attached hydrogens (tertiary/aromatic N) is 1. The molecule has 1 atom stereocenters. The Kier molecular flexibility index (Phi) is 6.36. The standard InChI is InChI=1S/C15H24N2O2/c1-12(2)14(16)15(18)17(3)10-7-11-19-13-8-5-4-6-9-13/h4-6,8-9,12,14H,7,10-11,16H2,1-3H3. The van der Waals surface area contributed by atoms with Crippen LogP contribution >= 0.6 is 0 Å². The maximum absolute atomic E-state index is 11.9. The molecule has 1 rings (SSSR count). The highest BCUT2D eigenvalue weighted by Crippen LogP contribution is 2.08. The van der Waals surface area contributed by atoms with Crippen molar-refractivity contribution in [3.63, 3.8) is 0 Å². The Hall–Kier alpha value is -1.55. The first kappa shape index (κ1) is 15.5. The van der Waals surface area contributed by atoms with Gasteiger partial charge in [0.15, 0.2) is 0 Å². The SMILES string of the molecule is CC(C)C(N)C(=O)N(C)CCCOc1ccccc1. The van der Waals surface area contributed by atoms with Crippen LogP contribution in [0.15, 0.2) is 30.3 Å². The number of ether oxygens (including phenoxy) is 1. The number of likely N-dealkylation sites (N-methyl/N-ethyl adjacent to an activating group) is 1. The maximum Gasteiger partial charge on any atom is 0.239 e. The number of para-hydroxylation sites is 1. The van der Waals surface area contributed by atoms with Gasteiger partial charge in [-0.05, 0) is 24.5 Å². The zero-order valence-electron chi connectivity index (χ0n) is 12.0. The molecule has 0 bridgehead atoms. The number of amides is 1. The van der Waals surface area contributed by atoms with Crippen LogP contribution in [0.5, 0.6) is 5.75 Å². The van der Waals surface area contributed by atoms with Crippen molar-refractivity contribution in [3.8, 4) is 5.75 Å². The summed E-state index contributed by atoms with van der Waals surface area (Å²) in [6, 6.07) is 9.25. The fourth-order valence-corrected chi connectivity index (χ4v) is 1.66. The molecule has 0 radical (unpaired) electrons. The van der Waals surface area contributed by atoms with E-state index in [-0.39, 0.29) is 11.8 Å². The number of hydrogen-bond acceptors (Lipinski definition) is 3. The van der Waals surface area contributed by atoms with Crippen LogP contribution < -0.4 is 10.5 Å². The van der Waals surface area contributed by atoms with Crippen LogP contribution in [0, 0.1) is 5.92 Å². The first-order valence-electron chi connectivity index (χ1n) is 6.70. The third kappa shape index (κ3) is 5.30. The van der Waals surface area contributed by atoms with Crippen LogP contribution in [0.2, 0.25) is 0 Å². The molecule has 0 fully saturated rings. The van der Waals surface area contributed by atoms with Crippen molar-refractivity contribution in [3.05, 3.63) is 30.3 Å². The van der Waals surface area contributed by atoms with Crippen LogP contribution in [0.3, 0.4) is 0 Å². The molecule has 0 aliphatic carbocycles. The summed E-state index contributed by atoms with van der Waals surface area (Å²) in [5.74, 6) is 1.01. The molecule has 4 heteroatoms. The second-order valence-electron chi connectivity index (χ2n) is 5.04. The summed E-state index contributed by atoms with van der Waals surface area (Å²) in [7, 11) is 1.78. The van der Waals surface area contributed by atoms with Gasteiger partial charge in [-0.1, -0.05) is 32.0 Å². The van der Waals surface area contributed by atoms with E-state index in [1.807, 2.05) is 44.2 Å². The van der Waals surface area contributed by atoms with E-state index in [4.69, 9.17) is 10.5 Å². The Morgan fingerprint density at radius 2 is 1.95 bits per heavy atom. The van der Waals surface area contributed by atoms with Gasteiger partial charge in [0.2, 0.25) is 5.91 Å². The van der Waals surface area contributed by atoms with Crippen molar-refractivity contribution in [1.29, 1.82) is 0 Å². The zero-order valence-corrected chi connectivity index (χ0v) is 12.0. The van der Waals surface area contributed by atoms with Crippen LogP contribution in [-0.4, -0.2) is 37.0 Å². The molecule has 1 unspecified atom stereocenters. The molecule has 0 aliphatic rings. The van der Waals surface area contributed by atoms with Crippen LogP contribution in [0.1, 0.15) is 20.3 Å². The predicted octanol–water partition coefficient (Wildman–Crippen LogP) is 1.90. The van der Waals surface area contributed by atoms with E-state index in [2.05, 4.69) is 0 Å². The van der Waals surface area contributed by atoms with Crippen LogP contribution in [0.4, 0.5) is 0 Å². The molecule has 0 spiro atoms. The molecule has 19 heavy (non-hydrogen) atoms.